The van der Waals surface area contributed by atoms with Crippen LogP contribution in [0.1, 0.15) is 5.76 Å². The predicted molar refractivity (Wildman–Crippen MR) is 58.5 cm³/mol. The maximum Gasteiger partial charge on any atom is 0.152 e. The molecule has 0 aliphatic heterocycles. The predicted octanol–water partition coefficient (Wildman–Crippen LogP) is 0.815. The van der Waals surface area contributed by atoms with Gasteiger partial charge in [0.05, 0.1) is 4.90 Å². The third-order valence-corrected chi connectivity index (χ3v) is 2.74. The zero-order chi connectivity index (χ0) is 11.5. The Morgan fingerprint density at radius 1 is 1.38 bits per heavy atom. The molecule has 0 aliphatic rings. The Hall–Kier alpha value is -1.50. The highest BCUT2D eigenvalue weighted by atomic mass is 32.2. The van der Waals surface area contributed by atoms with Crippen LogP contribution in [0, 0.1) is 0 Å². The van der Waals surface area contributed by atoms with Crippen LogP contribution < -0.4 is 5.14 Å². The number of furan rings is 1. The first-order valence-corrected chi connectivity index (χ1v) is 5.74. The van der Waals surface area contributed by atoms with Crippen molar-refractivity contribution in [2.75, 3.05) is 0 Å². The van der Waals surface area contributed by atoms with E-state index in [1.54, 1.807) is 24.3 Å². The number of nitrogens with two attached hydrogens (primary N) is 1. The molecule has 0 radical (unpaired) electrons. The standard InChI is InChI=1S/C10H10N2O3S/c11-16(14)8-2-3-9(12-5-8)10-4-1-7(6-13)15-10/h1-5,13H,6,11H2. The summed E-state index contributed by atoms with van der Waals surface area (Å²) in [5.41, 5.74) is 0.605. The lowest BCUT2D eigenvalue weighted by atomic mass is 10.3. The second kappa shape index (κ2) is 4.56. The zero-order valence-electron chi connectivity index (χ0n) is 8.29. The Bertz CT molecular complexity index is 507. The summed E-state index contributed by atoms with van der Waals surface area (Å²) in [7, 11) is -1.52. The van der Waals surface area contributed by atoms with Crippen molar-refractivity contribution in [2.24, 2.45) is 5.14 Å². The smallest absolute Gasteiger partial charge is 0.152 e. The largest absolute Gasteiger partial charge is 0.457 e. The minimum Gasteiger partial charge on any atom is -0.457 e. The van der Waals surface area contributed by atoms with Gasteiger partial charge in [0.25, 0.3) is 0 Å². The maximum atomic E-state index is 10.9. The Kier molecular flexibility index (Phi) is 3.14. The van der Waals surface area contributed by atoms with Crippen molar-refractivity contribution in [2.45, 2.75) is 11.5 Å². The number of aromatic nitrogens is 1. The lowest BCUT2D eigenvalue weighted by Gasteiger charge is -1.98. The Morgan fingerprint density at radius 3 is 2.69 bits per heavy atom. The molecule has 2 aromatic rings. The molecule has 0 spiro atoms. The van der Waals surface area contributed by atoms with Crippen molar-refractivity contribution in [3.05, 3.63) is 36.2 Å². The van der Waals surface area contributed by atoms with E-state index in [1.165, 1.54) is 6.20 Å². The van der Waals surface area contributed by atoms with E-state index in [9.17, 15) is 4.21 Å². The van der Waals surface area contributed by atoms with Gasteiger partial charge in [-0.15, -0.1) is 0 Å². The Labute approximate surface area is 94.5 Å². The van der Waals surface area contributed by atoms with E-state index in [0.717, 1.165) is 0 Å². The molecule has 0 saturated heterocycles. The van der Waals surface area contributed by atoms with Gasteiger partial charge in [-0.05, 0) is 24.3 Å². The minimum atomic E-state index is -1.52. The van der Waals surface area contributed by atoms with Crippen molar-refractivity contribution >= 4 is 11.0 Å². The molecule has 16 heavy (non-hydrogen) atoms. The third-order valence-electron chi connectivity index (χ3n) is 2.04. The highest BCUT2D eigenvalue weighted by molar-refractivity contribution is 7.82. The Morgan fingerprint density at radius 2 is 2.19 bits per heavy atom. The first-order chi connectivity index (χ1) is 7.70. The molecule has 0 aliphatic carbocycles. The highest BCUT2D eigenvalue weighted by Gasteiger charge is 2.06. The van der Waals surface area contributed by atoms with Crippen molar-refractivity contribution in [3.8, 4) is 11.5 Å². The van der Waals surface area contributed by atoms with Crippen LogP contribution in [0.2, 0.25) is 0 Å². The molecule has 0 fully saturated rings. The van der Waals surface area contributed by atoms with Crippen LogP contribution >= 0.6 is 0 Å². The van der Waals surface area contributed by atoms with Crippen LogP contribution in [-0.2, 0) is 17.6 Å². The number of aliphatic hydroxyl groups is 1. The van der Waals surface area contributed by atoms with E-state index in [0.29, 0.717) is 22.1 Å². The number of hydrogen-bond donors (Lipinski definition) is 2. The molecule has 1 atom stereocenters. The fourth-order valence-corrected chi connectivity index (χ4v) is 1.60. The van der Waals surface area contributed by atoms with Gasteiger partial charge in [0.15, 0.2) is 5.76 Å². The normalized spacial score (nSPS) is 12.6. The van der Waals surface area contributed by atoms with Crippen LogP contribution in [0.4, 0.5) is 0 Å². The summed E-state index contributed by atoms with van der Waals surface area (Å²) >= 11 is 0. The second-order valence-corrected chi connectivity index (χ2v) is 4.17. The molecule has 1 unspecified atom stereocenters. The number of rotatable bonds is 3. The van der Waals surface area contributed by atoms with Crippen LogP contribution in [0.15, 0.2) is 39.8 Å². The molecule has 84 valence electrons. The average molecular weight is 238 g/mol. The summed E-state index contributed by atoms with van der Waals surface area (Å²) in [6, 6.07) is 6.68. The molecule has 3 N–H and O–H groups in total. The minimum absolute atomic E-state index is 0.148. The van der Waals surface area contributed by atoms with Gasteiger partial charge in [-0.3, -0.25) is 4.98 Å². The molecule has 0 aromatic carbocycles. The van der Waals surface area contributed by atoms with Crippen LogP contribution in [0.3, 0.4) is 0 Å². The quantitative estimate of drug-likeness (QED) is 0.828. The molecular formula is C10H10N2O3S. The maximum absolute atomic E-state index is 10.9. The van der Waals surface area contributed by atoms with E-state index < -0.39 is 11.0 Å². The van der Waals surface area contributed by atoms with Gasteiger partial charge in [0.1, 0.15) is 29.0 Å². The summed E-state index contributed by atoms with van der Waals surface area (Å²) in [5.74, 6) is 1.03. The lowest BCUT2D eigenvalue weighted by Crippen LogP contribution is -2.02. The summed E-state index contributed by atoms with van der Waals surface area (Å²) in [5, 5.41) is 14.0. The zero-order valence-corrected chi connectivity index (χ0v) is 9.11. The van der Waals surface area contributed by atoms with Crippen molar-refractivity contribution in [3.63, 3.8) is 0 Å². The second-order valence-electron chi connectivity index (χ2n) is 3.10. The monoisotopic (exact) mass is 238 g/mol. The van der Waals surface area contributed by atoms with E-state index in [1.807, 2.05) is 0 Å². The van der Waals surface area contributed by atoms with Crippen molar-refractivity contribution in [1.82, 2.24) is 4.98 Å². The molecule has 0 bridgehead atoms. The van der Waals surface area contributed by atoms with E-state index in [4.69, 9.17) is 14.7 Å². The van der Waals surface area contributed by atoms with Gasteiger partial charge in [0, 0.05) is 6.20 Å². The highest BCUT2D eigenvalue weighted by Crippen LogP contribution is 2.20. The first-order valence-electron chi connectivity index (χ1n) is 4.53. The van der Waals surface area contributed by atoms with Gasteiger partial charge < -0.3 is 9.52 Å². The first kappa shape index (κ1) is 11.0. The van der Waals surface area contributed by atoms with E-state index in [2.05, 4.69) is 4.98 Å². The summed E-state index contributed by atoms with van der Waals surface area (Å²) in [4.78, 5) is 4.53. The number of pyridine rings is 1. The molecular weight excluding hydrogens is 228 g/mol. The fraction of sp³-hybridized carbons (Fsp3) is 0.100. The molecule has 2 aromatic heterocycles. The average Bonchev–Trinajstić information content (AvgIpc) is 2.77. The van der Waals surface area contributed by atoms with Gasteiger partial charge in [-0.25, -0.2) is 9.35 Å². The molecule has 5 nitrogen and oxygen atoms in total. The van der Waals surface area contributed by atoms with Gasteiger partial charge in [-0.1, -0.05) is 0 Å². The van der Waals surface area contributed by atoms with Gasteiger partial charge in [0.2, 0.25) is 0 Å². The van der Waals surface area contributed by atoms with Gasteiger partial charge >= 0.3 is 0 Å². The van der Waals surface area contributed by atoms with Crippen LogP contribution in [0.5, 0.6) is 0 Å². The summed E-state index contributed by atoms with van der Waals surface area (Å²) in [6.07, 6.45) is 1.44. The third kappa shape index (κ3) is 2.19. The van der Waals surface area contributed by atoms with Crippen molar-refractivity contribution < 1.29 is 13.7 Å². The van der Waals surface area contributed by atoms with Crippen molar-refractivity contribution in [1.29, 1.82) is 0 Å². The topological polar surface area (TPSA) is 89.4 Å². The molecule has 2 rings (SSSR count). The summed E-state index contributed by atoms with van der Waals surface area (Å²) < 4.78 is 16.2. The number of hydrogen-bond acceptors (Lipinski definition) is 4. The SMILES string of the molecule is NS(=O)c1ccc(-c2ccc(CO)o2)nc1. The molecule has 6 heteroatoms. The Balaban J connectivity index is 2.30. The molecule has 0 amide bonds. The number of aliphatic hydroxyl groups excluding tert-OH is 1. The van der Waals surface area contributed by atoms with Gasteiger partial charge in [-0.2, -0.15) is 0 Å². The number of nitrogens with zero attached hydrogens (tertiary/aromatic N) is 1. The summed E-state index contributed by atoms with van der Waals surface area (Å²) in [6.45, 7) is -0.148. The fourth-order valence-electron chi connectivity index (χ4n) is 1.25. The van der Waals surface area contributed by atoms with E-state index >= 15 is 0 Å². The van der Waals surface area contributed by atoms with Crippen LogP contribution in [-0.4, -0.2) is 14.3 Å². The lowest BCUT2D eigenvalue weighted by molar-refractivity contribution is 0.248. The molecule has 2 heterocycles. The van der Waals surface area contributed by atoms with Crippen LogP contribution in [0.25, 0.3) is 11.5 Å². The molecule has 0 saturated carbocycles. The van der Waals surface area contributed by atoms with E-state index in [-0.39, 0.29) is 6.61 Å².